The average Bonchev–Trinajstić information content (AvgIpc) is 2.85. The minimum atomic E-state index is -0.588. The smallest absolute Gasteiger partial charge is 0.328 e. The van der Waals surface area contributed by atoms with Crippen molar-refractivity contribution >= 4 is 34.3 Å². The van der Waals surface area contributed by atoms with Gasteiger partial charge in [-0.05, 0) is 31.4 Å². The molecule has 0 radical (unpaired) electrons. The minimum absolute atomic E-state index is 0.123. The lowest BCUT2D eigenvalue weighted by molar-refractivity contribution is -0.142. The second-order valence-corrected chi connectivity index (χ2v) is 6.61. The molecule has 1 amide bonds. The summed E-state index contributed by atoms with van der Waals surface area (Å²) in [5.74, 6) is -1.02. The summed E-state index contributed by atoms with van der Waals surface area (Å²) in [4.78, 5) is 38.1. The van der Waals surface area contributed by atoms with Crippen molar-refractivity contribution in [3.63, 3.8) is 0 Å². The first-order chi connectivity index (χ1) is 12.4. The lowest BCUT2D eigenvalue weighted by Crippen LogP contribution is -2.30. The van der Waals surface area contributed by atoms with E-state index in [1.54, 1.807) is 29.3 Å². The van der Waals surface area contributed by atoms with E-state index in [9.17, 15) is 14.4 Å². The SMILES string of the molecule is COC(=O)CC(=O)Nc1cc2c(cc1N1CCCCC1)n(C)c(=O)n2C. The minimum Gasteiger partial charge on any atom is -0.469 e. The molecular formula is C18H24N4O4. The molecule has 0 aliphatic carbocycles. The lowest BCUT2D eigenvalue weighted by Gasteiger charge is -2.30. The van der Waals surface area contributed by atoms with Gasteiger partial charge in [-0.3, -0.25) is 18.7 Å². The number of methoxy groups -OCH3 is 1. The van der Waals surface area contributed by atoms with Crippen LogP contribution in [0.4, 0.5) is 11.4 Å². The van der Waals surface area contributed by atoms with Crippen LogP contribution in [0.15, 0.2) is 16.9 Å². The predicted molar refractivity (Wildman–Crippen MR) is 99.5 cm³/mol. The Bertz CT molecular complexity index is 906. The number of carbonyl (C=O) groups excluding carboxylic acids is 2. The molecule has 0 spiro atoms. The van der Waals surface area contributed by atoms with Crippen LogP contribution in [0.1, 0.15) is 25.7 Å². The van der Waals surface area contributed by atoms with E-state index in [1.165, 1.54) is 13.5 Å². The number of esters is 1. The fourth-order valence-electron chi connectivity index (χ4n) is 3.43. The topological polar surface area (TPSA) is 85.6 Å². The number of piperidine rings is 1. The summed E-state index contributed by atoms with van der Waals surface area (Å²) < 4.78 is 7.70. The molecule has 1 aromatic carbocycles. The maximum absolute atomic E-state index is 12.3. The van der Waals surface area contributed by atoms with Crippen LogP contribution in [-0.2, 0) is 28.4 Å². The first-order valence-corrected chi connectivity index (χ1v) is 8.73. The van der Waals surface area contributed by atoms with E-state index in [2.05, 4.69) is 15.0 Å². The Labute approximate surface area is 151 Å². The summed E-state index contributed by atoms with van der Waals surface area (Å²) in [6.07, 6.45) is 3.01. The van der Waals surface area contributed by atoms with E-state index >= 15 is 0 Å². The third kappa shape index (κ3) is 3.31. The molecule has 1 aliphatic rings. The Hall–Kier alpha value is -2.77. The summed E-state index contributed by atoms with van der Waals surface area (Å²) in [5, 5.41) is 2.82. The van der Waals surface area contributed by atoms with Crippen LogP contribution in [0.25, 0.3) is 11.0 Å². The van der Waals surface area contributed by atoms with Crippen molar-refractivity contribution in [3.8, 4) is 0 Å². The Morgan fingerprint density at radius 2 is 1.69 bits per heavy atom. The van der Waals surface area contributed by atoms with Crippen LogP contribution >= 0.6 is 0 Å². The average molecular weight is 360 g/mol. The Morgan fingerprint density at radius 1 is 1.08 bits per heavy atom. The summed E-state index contributed by atoms with van der Waals surface area (Å²) in [7, 11) is 4.69. The number of fused-ring (bicyclic) bond motifs is 1. The van der Waals surface area contributed by atoms with Gasteiger partial charge in [0, 0.05) is 27.2 Å². The van der Waals surface area contributed by atoms with Crippen LogP contribution in [0.2, 0.25) is 0 Å². The number of nitrogens with one attached hydrogen (secondary N) is 1. The fourth-order valence-corrected chi connectivity index (χ4v) is 3.43. The second-order valence-electron chi connectivity index (χ2n) is 6.61. The predicted octanol–water partition coefficient (Wildman–Crippen LogP) is 1.37. The summed E-state index contributed by atoms with van der Waals surface area (Å²) in [6, 6.07) is 3.74. The number of anilines is 2. The van der Waals surface area contributed by atoms with Crippen LogP contribution in [0.5, 0.6) is 0 Å². The summed E-state index contributed by atoms with van der Waals surface area (Å²) >= 11 is 0. The Kier molecular flexibility index (Phi) is 5.01. The van der Waals surface area contributed by atoms with Crippen LogP contribution in [0, 0.1) is 0 Å². The van der Waals surface area contributed by atoms with Gasteiger partial charge in [-0.1, -0.05) is 0 Å². The zero-order valence-electron chi connectivity index (χ0n) is 15.4. The van der Waals surface area contributed by atoms with Gasteiger partial charge in [-0.25, -0.2) is 4.79 Å². The van der Waals surface area contributed by atoms with Gasteiger partial charge >= 0.3 is 11.7 Å². The number of carbonyl (C=O) groups is 2. The highest BCUT2D eigenvalue weighted by atomic mass is 16.5. The second kappa shape index (κ2) is 7.23. The number of benzene rings is 1. The molecular weight excluding hydrogens is 336 g/mol. The van der Waals surface area contributed by atoms with E-state index < -0.39 is 11.9 Å². The maximum atomic E-state index is 12.3. The van der Waals surface area contributed by atoms with Gasteiger partial charge < -0.3 is 15.0 Å². The molecule has 8 heteroatoms. The van der Waals surface area contributed by atoms with Gasteiger partial charge in [0.15, 0.2) is 0 Å². The highest BCUT2D eigenvalue weighted by molar-refractivity contribution is 6.05. The monoisotopic (exact) mass is 360 g/mol. The quantitative estimate of drug-likeness (QED) is 0.657. The number of ether oxygens (including phenoxy) is 1. The lowest BCUT2D eigenvalue weighted by atomic mass is 10.1. The first-order valence-electron chi connectivity index (χ1n) is 8.73. The van der Waals surface area contributed by atoms with E-state index in [0.717, 1.165) is 42.7 Å². The molecule has 26 heavy (non-hydrogen) atoms. The summed E-state index contributed by atoms with van der Waals surface area (Å²) in [5.41, 5.74) is 2.89. The largest absolute Gasteiger partial charge is 0.469 e. The molecule has 3 rings (SSSR count). The third-order valence-electron chi connectivity index (χ3n) is 4.89. The number of hydrogen-bond donors (Lipinski definition) is 1. The highest BCUT2D eigenvalue weighted by Gasteiger charge is 2.20. The number of nitrogens with zero attached hydrogens (tertiary/aromatic N) is 3. The molecule has 2 aromatic rings. The molecule has 1 aliphatic heterocycles. The number of aromatic nitrogens is 2. The first kappa shape index (κ1) is 18.0. The van der Waals surface area contributed by atoms with Crippen LogP contribution < -0.4 is 15.9 Å². The number of aryl methyl sites for hydroxylation is 2. The van der Waals surface area contributed by atoms with Gasteiger partial charge in [0.25, 0.3) is 0 Å². The molecule has 1 aromatic heterocycles. The van der Waals surface area contributed by atoms with Crippen LogP contribution in [-0.4, -0.2) is 41.2 Å². The van der Waals surface area contributed by atoms with E-state index in [0.29, 0.717) is 5.69 Å². The van der Waals surface area contributed by atoms with Crippen molar-refractivity contribution in [2.24, 2.45) is 14.1 Å². The van der Waals surface area contributed by atoms with Crippen LogP contribution in [0.3, 0.4) is 0 Å². The zero-order valence-corrected chi connectivity index (χ0v) is 15.4. The molecule has 140 valence electrons. The number of rotatable bonds is 4. The number of amides is 1. The molecule has 1 saturated heterocycles. The third-order valence-corrected chi connectivity index (χ3v) is 4.89. The van der Waals surface area contributed by atoms with Gasteiger partial charge in [0.2, 0.25) is 5.91 Å². The number of hydrogen-bond acceptors (Lipinski definition) is 5. The molecule has 0 bridgehead atoms. The molecule has 2 heterocycles. The molecule has 0 unspecified atom stereocenters. The normalized spacial score (nSPS) is 14.5. The molecule has 1 fully saturated rings. The van der Waals surface area contributed by atoms with Gasteiger partial charge in [0.05, 0.1) is 29.5 Å². The Balaban J connectivity index is 2.05. The van der Waals surface area contributed by atoms with Crippen molar-refractivity contribution in [2.45, 2.75) is 25.7 Å². The molecule has 8 nitrogen and oxygen atoms in total. The molecule has 0 atom stereocenters. The van der Waals surface area contributed by atoms with Crippen molar-refractivity contribution in [2.75, 3.05) is 30.4 Å². The number of imidazole rings is 1. The maximum Gasteiger partial charge on any atom is 0.328 e. The van der Waals surface area contributed by atoms with E-state index in [-0.39, 0.29) is 12.1 Å². The van der Waals surface area contributed by atoms with E-state index in [1.807, 2.05) is 6.07 Å². The standard InChI is InChI=1S/C18H24N4O4/c1-20-14-9-12(19-16(23)11-17(24)26-3)13(22-7-5-4-6-8-22)10-15(14)21(2)18(20)25/h9-10H,4-8,11H2,1-3H3,(H,19,23). The van der Waals surface area contributed by atoms with Gasteiger partial charge in [-0.2, -0.15) is 0 Å². The Morgan fingerprint density at radius 3 is 2.31 bits per heavy atom. The van der Waals surface area contributed by atoms with Crippen molar-refractivity contribution in [1.82, 2.24) is 9.13 Å². The molecule has 0 saturated carbocycles. The zero-order chi connectivity index (χ0) is 18.8. The van der Waals surface area contributed by atoms with Crippen molar-refractivity contribution in [1.29, 1.82) is 0 Å². The van der Waals surface area contributed by atoms with E-state index in [4.69, 9.17) is 0 Å². The highest BCUT2D eigenvalue weighted by Crippen LogP contribution is 2.33. The molecule has 1 N–H and O–H groups in total. The van der Waals surface area contributed by atoms with Crippen molar-refractivity contribution < 1.29 is 14.3 Å². The van der Waals surface area contributed by atoms with Crippen molar-refractivity contribution in [3.05, 3.63) is 22.6 Å². The summed E-state index contributed by atoms with van der Waals surface area (Å²) in [6.45, 7) is 1.79. The van der Waals surface area contributed by atoms with Gasteiger partial charge in [-0.15, -0.1) is 0 Å². The van der Waals surface area contributed by atoms with Gasteiger partial charge in [0.1, 0.15) is 6.42 Å². The fraction of sp³-hybridized carbons (Fsp3) is 0.500.